The minimum absolute atomic E-state index is 0.203. The third-order valence-electron chi connectivity index (χ3n) is 7.14. The number of aromatic amines is 1. The zero-order valence-corrected chi connectivity index (χ0v) is 17.7. The van der Waals surface area contributed by atoms with Crippen LogP contribution < -0.4 is 0 Å². The molecule has 0 amide bonds. The Morgan fingerprint density at radius 2 is 2.03 bits per heavy atom. The van der Waals surface area contributed by atoms with Crippen molar-refractivity contribution in [1.82, 2.24) is 34.8 Å². The molecule has 4 heterocycles. The van der Waals surface area contributed by atoms with Crippen LogP contribution in [0.5, 0.6) is 0 Å². The molecule has 162 valence electrons. The van der Waals surface area contributed by atoms with E-state index in [0.717, 1.165) is 62.1 Å². The molecule has 1 N–H and O–H groups in total. The molecule has 8 nitrogen and oxygen atoms in total. The summed E-state index contributed by atoms with van der Waals surface area (Å²) in [7, 11) is 0. The van der Waals surface area contributed by atoms with Crippen molar-refractivity contribution in [3.63, 3.8) is 0 Å². The predicted molar refractivity (Wildman–Crippen MR) is 115 cm³/mol. The number of nitrogens with one attached hydrogen (secondary N) is 1. The molecule has 3 aromatic heterocycles. The van der Waals surface area contributed by atoms with Gasteiger partial charge in [-0.2, -0.15) is 0 Å². The Bertz CT molecular complexity index is 985. The van der Waals surface area contributed by atoms with E-state index < -0.39 is 0 Å². The van der Waals surface area contributed by atoms with Crippen LogP contribution in [0.1, 0.15) is 37.5 Å². The summed E-state index contributed by atoms with van der Waals surface area (Å²) in [6.45, 7) is 4.02. The maximum absolute atomic E-state index is 6.50. The van der Waals surface area contributed by atoms with Crippen molar-refractivity contribution in [3.05, 3.63) is 48.9 Å². The number of H-pyrrole nitrogens is 1. The van der Waals surface area contributed by atoms with E-state index >= 15 is 0 Å². The van der Waals surface area contributed by atoms with Crippen LogP contribution in [0.25, 0.3) is 11.3 Å². The van der Waals surface area contributed by atoms with Crippen molar-refractivity contribution in [2.24, 2.45) is 17.8 Å². The normalized spacial score (nSPS) is 28.6. The van der Waals surface area contributed by atoms with Gasteiger partial charge in [-0.25, -0.2) is 9.67 Å². The van der Waals surface area contributed by atoms with Gasteiger partial charge in [-0.05, 0) is 55.6 Å². The number of likely N-dealkylation sites (tertiary alicyclic amines) is 1. The van der Waals surface area contributed by atoms with Gasteiger partial charge < -0.3 is 9.72 Å². The number of hydrogen-bond donors (Lipinski definition) is 1. The summed E-state index contributed by atoms with van der Waals surface area (Å²) in [5.74, 6) is 3.15. The Balaban J connectivity index is 1.20. The Labute approximate surface area is 182 Å². The van der Waals surface area contributed by atoms with Crippen LogP contribution in [-0.4, -0.2) is 60.6 Å². The lowest BCUT2D eigenvalue weighted by Crippen LogP contribution is -2.38. The average molecular weight is 420 g/mol. The molecule has 31 heavy (non-hydrogen) atoms. The fraction of sp³-hybridized carbons (Fsp3) is 0.565. The molecule has 3 aromatic rings. The first kappa shape index (κ1) is 19.1. The van der Waals surface area contributed by atoms with E-state index in [1.54, 1.807) is 6.20 Å². The molecule has 1 aliphatic heterocycles. The maximum Gasteiger partial charge on any atom is 0.120 e. The highest BCUT2D eigenvalue weighted by molar-refractivity contribution is 5.55. The number of ether oxygens (including phenoxy) is 1. The highest BCUT2D eigenvalue weighted by Crippen LogP contribution is 2.43. The molecule has 0 bridgehead atoms. The van der Waals surface area contributed by atoms with Crippen LogP contribution in [-0.2, 0) is 11.3 Å². The third-order valence-corrected chi connectivity index (χ3v) is 7.14. The van der Waals surface area contributed by atoms with E-state index in [4.69, 9.17) is 4.74 Å². The molecule has 6 rings (SSSR count). The first-order valence-electron chi connectivity index (χ1n) is 11.5. The lowest BCUT2D eigenvalue weighted by atomic mass is 9.77. The van der Waals surface area contributed by atoms with E-state index in [-0.39, 0.29) is 12.1 Å². The summed E-state index contributed by atoms with van der Waals surface area (Å²) in [5, 5.41) is 8.98. The lowest BCUT2D eigenvalue weighted by molar-refractivity contribution is -0.0375. The fourth-order valence-electron chi connectivity index (χ4n) is 5.30. The molecule has 0 aromatic carbocycles. The quantitative estimate of drug-likeness (QED) is 0.634. The molecule has 0 radical (unpaired) electrons. The van der Waals surface area contributed by atoms with Gasteiger partial charge in [-0.3, -0.25) is 9.88 Å². The van der Waals surface area contributed by atoms with E-state index in [2.05, 4.69) is 41.0 Å². The fourth-order valence-corrected chi connectivity index (χ4v) is 5.30. The van der Waals surface area contributed by atoms with Crippen LogP contribution in [0.4, 0.5) is 0 Å². The van der Waals surface area contributed by atoms with Gasteiger partial charge in [0.2, 0.25) is 0 Å². The van der Waals surface area contributed by atoms with Crippen LogP contribution in [0, 0.1) is 17.8 Å². The summed E-state index contributed by atoms with van der Waals surface area (Å²) in [5.41, 5.74) is 1.88. The van der Waals surface area contributed by atoms with Crippen molar-refractivity contribution in [3.8, 4) is 11.3 Å². The van der Waals surface area contributed by atoms with Crippen molar-refractivity contribution in [2.45, 2.75) is 44.4 Å². The van der Waals surface area contributed by atoms with Gasteiger partial charge in [-0.15, -0.1) is 5.10 Å². The van der Waals surface area contributed by atoms with Crippen molar-refractivity contribution < 1.29 is 4.74 Å². The number of rotatable bonds is 7. The van der Waals surface area contributed by atoms with Crippen molar-refractivity contribution >= 4 is 0 Å². The molecule has 0 spiro atoms. The second-order valence-electron chi connectivity index (χ2n) is 9.43. The summed E-state index contributed by atoms with van der Waals surface area (Å²) >= 11 is 0. The van der Waals surface area contributed by atoms with Crippen molar-refractivity contribution in [1.29, 1.82) is 0 Å². The van der Waals surface area contributed by atoms with Crippen LogP contribution in [0.3, 0.4) is 0 Å². The number of hydrogen-bond acceptors (Lipinski definition) is 6. The van der Waals surface area contributed by atoms with Crippen LogP contribution >= 0.6 is 0 Å². The molecular formula is C23H29N7O. The molecular weight excluding hydrogens is 390 g/mol. The molecule has 1 saturated heterocycles. The number of nitrogens with zero attached hydrogens (tertiary/aromatic N) is 6. The molecule has 2 saturated carbocycles. The van der Waals surface area contributed by atoms with Gasteiger partial charge in [0.25, 0.3) is 0 Å². The maximum atomic E-state index is 6.50. The van der Waals surface area contributed by atoms with Gasteiger partial charge in [-0.1, -0.05) is 5.21 Å². The molecule has 0 unspecified atom stereocenters. The lowest BCUT2D eigenvalue weighted by Gasteiger charge is -2.37. The zero-order chi connectivity index (χ0) is 20.6. The monoisotopic (exact) mass is 419 g/mol. The van der Waals surface area contributed by atoms with Crippen molar-refractivity contribution in [2.75, 3.05) is 19.7 Å². The van der Waals surface area contributed by atoms with E-state index in [1.807, 2.05) is 30.7 Å². The number of fused-ring (bicyclic) bond motifs is 1. The minimum Gasteiger partial charge on any atom is -0.376 e. The van der Waals surface area contributed by atoms with Gasteiger partial charge in [0.1, 0.15) is 11.5 Å². The standard InChI is InChI=1S/C23H29N7O/c1-2-17(10-24-5-1)20-13-30(28-27-20)21-8-18-11-29(14-23-25-6-7-26-23)12-19(18)9-22(21)31-15-16-3-4-16/h1-2,5-7,10,13,16,18-19,21-22H,3-4,8-9,11-12,14-15H2,(H,25,26)/t18-,19+,21-,22-/m1/s1. The van der Waals surface area contributed by atoms with Gasteiger partial charge in [0.05, 0.1) is 24.9 Å². The second kappa shape index (κ2) is 8.16. The summed E-state index contributed by atoms with van der Waals surface area (Å²) in [6.07, 6.45) is 14.5. The smallest absolute Gasteiger partial charge is 0.120 e. The number of aromatic nitrogens is 6. The van der Waals surface area contributed by atoms with E-state index in [0.29, 0.717) is 11.8 Å². The largest absolute Gasteiger partial charge is 0.376 e. The number of imidazole rings is 1. The highest BCUT2D eigenvalue weighted by atomic mass is 16.5. The third kappa shape index (κ3) is 4.14. The Morgan fingerprint density at radius 1 is 1.13 bits per heavy atom. The first-order chi connectivity index (χ1) is 15.3. The van der Waals surface area contributed by atoms with Gasteiger partial charge in [0, 0.05) is 50.0 Å². The Hall–Kier alpha value is -2.58. The molecule has 4 atom stereocenters. The molecule has 3 aliphatic rings. The minimum atomic E-state index is 0.203. The zero-order valence-electron chi connectivity index (χ0n) is 17.7. The molecule has 8 heteroatoms. The Morgan fingerprint density at radius 3 is 2.81 bits per heavy atom. The number of pyridine rings is 1. The predicted octanol–water partition coefficient (Wildman–Crippen LogP) is 2.94. The highest BCUT2D eigenvalue weighted by Gasteiger charge is 2.44. The summed E-state index contributed by atoms with van der Waals surface area (Å²) in [6, 6.07) is 4.21. The van der Waals surface area contributed by atoms with Crippen LogP contribution in [0.15, 0.2) is 43.1 Å². The summed E-state index contributed by atoms with van der Waals surface area (Å²) < 4.78 is 8.56. The van der Waals surface area contributed by atoms with E-state index in [1.165, 1.54) is 12.8 Å². The van der Waals surface area contributed by atoms with Crippen LogP contribution in [0.2, 0.25) is 0 Å². The molecule has 2 aliphatic carbocycles. The summed E-state index contributed by atoms with van der Waals surface area (Å²) in [4.78, 5) is 14.4. The SMILES string of the molecule is c1cncc(-c2cn([C@@H]3C[C@@H]4CN(Cc5ncc[nH]5)C[C@@H]4C[C@H]3OCC3CC3)nn2)c1. The second-order valence-corrected chi connectivity index (χ2v) is 9.43. The topological polar surface area (TPSA) is 84.8 Å². The van der Waals surface area contributed by atoms with E-state index in [9.17, 15) is 0 Å². The Kier molecular flexibility index (Phi) is 5.04. The molecule has 3 fully saturated rings. The first-order valence-corrected chi connectivity index (χ1v) is 11.5. The van der Waals surface area contributed by atoms with Gasteiger partial charge in [0.15, 0.2) is 0 Å². The van der Waals surface area contributed by atoms with Gasteiger partial charge >= 0.3 is 0 Å². The average Bonchev–Trinajstić information content (AvgIpc) is 3.18.